The van der Waals surface area contributed by atoms with Crippen molar-refractivity contribution in [3.63, 3.8) is 0 Å². The predicted octanol–water partition coefficient (Wildman–Crippen LogP) is 5.95. The van der Waals surface area contributed by atoms with Crippen LogP contribution in [0.2, 0.25) is 0 Å². The summed E-state index contributed by atoms with van der Waals surface area (Å²) in [5.74, 6) is 1.43. The van der Waals surface area contributed by atoms with Crippen LogP contribution in [0.3, 0.4) is 0 Å². The van der Waals surface area contributed by atoms with Gasteiger partial charge in [-0.05, 0) is 91.3 Å². The number of amides is 1. The summed E-state index contributed by atoms with van der Waals surface area (Å²) in [6.07, 6.45) is -2.34. The maximum atomic E-state index is 13.4. The van der Waals surface area contributed by atoms with Crippen molar-refractivity contribution in [2.24, 2.45) is 28.2 Å². The second kappa shape index (κ2) is 11.9. The lowest BCUT2D eigenvalue weighted by Crippen LogP contribution is -2.57. The van der Waals surface area contributed by atoms with Crippen LogP contribution in [0.25, 0.3) is 0 Å². The number of hydrogen-bond acceptors (Lipinski definition) is 3. The van der Waals surface area contributed by atoms with Crippen LogP contribution in [0.4, 0.5) is 23.2 Å². The van der Waals surface area contributed by atoms with Gasteiger partial charge in [0.05, 0.1) is 11.6 Å². The molecule has 6 rings (SSSR count). The van der Waals surface area contributed by atoms with Gasteiger partial charge in [-0.25, -0.2) is 9.38 Å². The molecule has 1 amide bonds. The lowest BCUT2D eigenvalue weighted by Gasteiger charge is -2.61. The van der Waals surface area contributed by atoms with Gasteiger partial charge in [0, 0.05) is 43.5 Å². The lowest BCUT2D eigenvalue weighted by atomic mass is 9.45. The Hall–Kier alpha value is -3.14. The van der Waals surface area contributed by atoms with Gasteiger partial charge in [0.15, 0.2) is 5.96 Å². The summed E-state index contributed by atoms with van der Waals surface area (Å²) in [5, 5.41) is 9.68. The van der Waals surface area contributed by atoms with E-state index in [0.717, 1.165) is 49.8 Å². The number of rotatable bonds is 6. The molecule has 0 unspecified atom stereocenters. The summed E-state index contributed by atoms with van der Waals surface area (Å²) in [7, 11) is 0. The van der Waals surface area contributed by atoms with Crippen molar-refractivity contribution in [2.75, 3.05) is 31.5 Å². The number of alkyl halides is 3. The van der Waals surface area contributed by atoms with Crippen molar-refractivity contribution in [3.05, 3.63) is 65.0 Å². The van der Waals surface area contributed by atoms with Crippen molar-refractivity contribution >= 4 is 17.6 Å². The van der Waals surface area contributed by atoms with Crippen LogP contribution in [0.5, 0.6) is 0 Å². The highest BCUT2D eigenvalue weighted by Crippen LogP contribution is 2.61. The monoisotopic (exact) mass is 587 g/mol. The predicted molar refractivity (Wildman–Crippen MR) is 157 cm³/mol. The van der Waals surface area contributed by atoms with Gasteiger partial charge in [0.1, 0.15) is 5.82 Å². The third-order valence-corrected chi connectivity index (χ3v) is 9.73. The molecule has 1 saturated heterocycles. The summed E-state index contributed by atoms with van der Waals surface area (Å²) in [6.45, 7) is 11.8. The van der Waals surface area contributed by atoms with Crippen molar-refractivity contribution in [1.82, 2.24) is 15.5 Å². The van der Waals surface area contributed by atoms with E-state index in [1.807, 2.05) is 12.1 Å². The number of piperazine rings is 1. The minimum Gasteiger partial charge on any atom is -0.352 e. The summed E-state index contributed by atoms with van der Waals surface area (Å²) < 4.78 is 53.2. The number of guanidine groups is 1. The summed E-state index contributed by atoms with van der Waals surface area (Å²) in [6, 6.07) is 10.2. The van der Waals surface area contributed by atoms with Crippen LogP contribution in [0.1, 0.15) is 62.0 Å². The molecule has 4 aliphatic rings. The van der Waals surface area contributed by atoms with Crippen LogP contribution >= 0.6 is 0 Å². The van der Waals surface area contributed by atoms with Gasteiger partial charge in [-0.3, -0.25) is 4.79 Å². The quantitative estimate of drug-likeness (QED) is 0.222. The molecule has 1 heterocycles. The van der Waals surface area contributed by atoms with Crippen molar-refractivity contribution in [1.29, 1.82) is 0 Å². The van der Waals surface area contributed by atoms with E-state index < -0.39 is 17.6 Å². The zero-order valence-electron chi connectivity index (χ0n) is 24.7. The lowest BCUT2D eigenvalue weighted by molar-refractivity contribution is -0.138. The summed E-state index contributed by atoms with van der Waals surface area (Å²) >= 11 is 0. The molecule has 42 heavy (non-hydrogen) atoms. The maximum Gasteiger partial charge on any atom is 0.416 e. The maximum absolute atomic E-state index is 13.4. The van der Waals surface area contributed by atoms with Crippen LogP contribution in [-0.2, 0) is 12.6 Å². The molecule has 1 aliphatic heterocycles. The number of benzene rings is 2. The Morgan fingerprint density at radius 2 is 1.86 bits per heavy atom. The largest absolute Gasteiger partial charge is 0.416 e. The molecular weight excluding hydrogens is 546 g/mol. The van der Waals surface area contributed by atoms with Crippen molar-refractivity contribution in [2.45, 2.75) is 65.2 Å². The van der Waals surface area contributed by atoms with Gasteiger partial charge >= 0.3 is 6.18 Å². The molecule has 10 heteroatoms. The van der Waals surface area contributed by atoms with E-state index in [-0.39, 0.29) is 30.5 Å². The molecule has 3 N–H and O–H groups in total. The highest BCUT2D eigenvalue weighted by Gasteiger charge is 2.56. The molecule has 228 valence electrons. The smallest absolute Gasteiger partial charge is 0.352 e. The van der Waals surface area contributed by atoms with E-state index in [1.165, 1.54) is 6.42 Å². The van der Waals surface area contributed by atoms with Gasteiger partial charge in [-0.1, -0.05) is 26.8 Å². The first-order chi connectivity index (χ1) is 19.8. The average Bonchev–Trinajstić information content (AvgIpc) is 2.94. The first-order valence-electron chi connectivity index (χ1n) is 14.9. The van der Waals surface area contributed by atoms with E-state index in [4.69, 9.17) is 4.99 Å². The van der Waals surface area contributed by atoms with Crippen LogP contribution in [-0.4, -0.2) is 55.0 Å². The molecule has 3 aliphatic carbocycles. The van der Waals surface area contributed by atoms with E-state index in [2.05, 4.69) is 48.5 Å². The molecule has 5 atom stereocenters. The Balaban J connectivity index is 1.24. The molecule has 6 nitrogen and oxygen atoms in total. The number of aliphatic imine (C=N–C) groups is 1. The average molecular weight is 588 g/mol. The minimum atomic E-state index is -4.67. The Morgan fingerprint density at radius 3 is 2.50 bits per heavy atom. The molecule has 3 saturated carbocycles. The highest BCUT2D eigenvalue weighted by atomic mass is 19.4. The van der Waals surface area contributed by atoms with Gasteiger partial charge in [-0.15, -0.1) is 0 Å². The van der Waals surface area contributed by atoms with Crippen LogP contribution in [0.15, 0.2) is 47.5 Å². The number of carbonyl (C=O) groups excluding carboxylic acids is 1. The van der Waals surface area contributed by atoms with Crippen molar-refractivity contribution in [3.8, 4) is 0 Å². The number of carbonyl (C=O) groups is 1. The van der Waals surface area contributed by atoms with Crippen LogP contribution < -0.4 is 16.0 Å². The Labute approximate surface area is 245 Å². The number of fused-ring (bicyclic) bond motifs is 2. The SMILES string of the molecule is C[C@@H]1[C@@H](/N=C(\Nc2ccc(C(=O)NCCc3ccc(F)cc3C(F)(F)F)cc2)N2CCN[C@@H](C)C2)C[C@H]2C[C@@H]1C2(C)C. The Bertz CT molecular complexity index is 1310. The normalized spacial score (nSPS) is 27.3. The molecule has 2 aromatic rings. The number of nitrogens with one attached hydrogen (secondary N) is 3. The number of anilines is 1. The minimum absolute atomic E-state index is 0.0100. The molecule has 0 aromatic heterocycles. The number of nitrogens with zero attached hydrogens (tertiary/aromatic N) is 2. The van der Waals surface area contributed by atoms with Gasteiger partial charge in [-0.2, -0.15) is 13.2 Å². The Kier molecular flexibility index (Phi) is 8.56. The number of halogens is 4. The van der Waals surface area contributed by atoms with E-state index in [9.17, 15) is 22.4 Å². The van der Waals surface area contributed by atoms with Crippen molar-refractivity contribution < 1.29 is 22.4 Å². The molecule has 2 bridgehead atoms. The highest BCUT2D eigenvalue weighted by molar-refractivity contribution is 5.96. The fourth-order valence-corrected chi connectivity index (χ4v) is 7.05. The molecule has 0 spiro atoms. The zero-order chi connectivity index (χ0) is 30.2. The molecule has 2 aromatic carbocycles. The van der Waals surface area contributed by atoms with E-state index in [1.54, 1.807) is 12.1 Å². The zero-order valence-corrected chi connectivity index (χ0v) is 24.7. The summed E-state index contributed by atoms with van der Waals surface area (Å²) in [4.78, 5) is 20.3. The van der Waals surface area contributed by atoms with E-state index in [0.29, 0.717) is 40.8 Å². The fourth-order valence-electron chi connectivity index (χ4n) is 7.05. The first-order valence-corrected chi connectivity index (χ1v) is 14.9. The topological polar surface area (TPSA) is 68.8 Å². The number of hydrogen-bond donors (Lipinski definition) is 3. The van der Waals surface area contributed by atoms with Crippen LogP contribution in [0, 0.1) is 29.0 Å². The third-order valence-electron chi connectivity index (χ3n) is 9.73. The van der Waals surface area contributed by atoms with E-state index >= 15 is 0 Å². The first kappa shape index (κ1) is 30.3. The van der Waals surface area contributed by atoms with Gasteiger partial charge in [0.25, 0.3) is 5.91 Å². The fraction of sp³-hybridized carbons (Fsp3) is 0.562. The summed E-state index contributed by atoms with van der Waals surface area (Å²) in [5.41, 5.74) is 0.510. The molecular formula is C32H41F4N5O. The third kappa shape index (κ3) is 6.43. The second-order valence-corrected chi connectivity index (χ2v) is 12.8. The standard InChI is InChI=1S/C32H41F4N5O/c1-19-18-41(14-13-37-19)30(40-28-16-23-15-26(20(28)2)31(23,3)4)39-25-9-6-22(7-10-25)29(42)38-12-11-21-5-8-24(33)17-27(21)32(34,35)36/h5-10,17,19-20,23,26,28,37H,11-16,18H2,1-4H3,(H,38,42)(H,39,40)/t19-,20-,23+,26-,28-/m0/s1. The molecule has 4 fully saturated rings. The second-order valence-electron chi connectivity index (χ2n) is 12.8. The Morgan fingerprint density at radius 1 is 1.12 bits per heavy atom. The molecule has 0 radical (unpaired) electrons. The van der Waals surface area contributed by atoms with Gasteiger partial charge in [0.2, 0.25) is 0 Å². The van der Waals surface area contributed by atoms with Gasteiger partial charge < -0.3 is 20.9 Å².